The Morgan fingerprint density at radius 2 is 1.85 bits per heavy atom. The summed E-state index contributed by atoms with van der Waals surface area (Å²) < 4.78 is 85.4. The van der Waals surface area contributed by atoms with Gasteiger partial charge in [-0.3, -0.25) is 4.68 Å². The van der Waals surface area contributed by atoms with Crippen LogP contribution in [0.15, 0.2) is 38.9 Å². The molecule has 0 aliphatic carbocycles. The van der Waals surface area contributed by atoms with Crippen LogP contribution in [0.5, 0.6) is 0 Å². The number of benzene rings is 1. The van der Waals surface area contributed by atoms with Gasteiger partial charge in [-0.2, -0.15) is 31.4 Å². The summed E-state index contributed by atoms with van der Waals surface area (Å²) >= 11 is 0. The summed E-state index contributed by atoms with van der Waals surface area (Å²) in [7, 11) is -2.58. The number of alkyl halides is 5. The summed E-state index contributed by atoms with van der Waals surface area (Å²) in [5.74, 6) is 0.214. The van der Waals surface area contributed by atoms with Gasteiger partial charge in [-0.1, -0.05) is 20.3 Å². The zero-order valence-corrected chi connectivity index (χ0v) is 19.3. The van der Waals surface area contributed by atoms with Crippen molar-refractivity contribution >= 4 is 32.9 Å². The van der Waals surface area contributed by atoms with E-state index in [0.717, 1.165) is 24.6 Å². The summed E-state index contributed by atoms with van der Waals surface area (Å²) in [5.41, 5.74) is -5.20. The number of nitrogens with zero attached hydrogens (tertiary/aromatic N) is 6. The number of aromatic nitrogens is 2. The second kappa shape index (κ2) is 11.0. The van der Waals surface area contributed by atoms with Crippen molar-refractivity contribution in [2.45, 2.75) is 51.8 Å². The number of unbranched alkanes of at least 4 members (excludes halogenated alkanes) is 1. The van der Waals surface area contributed by atoms with Gasteiger partial charge in [0.25, 0.3) is 10.0 Å². The van der Waals surface area contributed by atoms with E-state index in [4.69, 9.17) is 0 Å². The maximum absolute atomic E-state index is 13.3. The largest absolute Gasteiger partial charge is 0.504 e. The molecule has 0 saturated heterocycles. The molecular formula is C19H25F5N6O2S. The average molecular weight is 497 g/mol. The zero-order valence-electron chi connectivity index (χ0n) is 18.5. The van der Waals surface area contributed by atoms with Gasteiger partial charge in [-0.05, 0) is 31.0 Å². The zero-order chi connectivity index (χ0) is 24.8. The predicted octanol–water partition coefficient (Wildman–Crippen LogP) is 6.50. The molecule has 1 atom stereocenters. The van der Waals surface area contributed by atoms with E-state index in [-0.39, 0.29) is 11.5 Å². The highest BCUT2D eigenvalue weighted by Gasteiger charge is 2.47. The molecule has 0 bridgehead atoms. The van der Waals surface area contributed by atoms with Gasteiger partial charge in [0.2, 0.25) is 0 Å². The maximum atomic E-state index is 13.3. The van der Waals surface area contributed by atoms with Crippen molar-refractivity contribution in [2.24, 2.45) is 14.6 Å². The van der Waals surface area contributed by atoms with Gasteiger partial charge < -0.3 is 4.90 Å². The van der Waals surface area contributed by atoms with E-state index in [1.807, 2.05) is 13.8 Å². The third-order valence-corrected chi connectivity index (χ3v) is 5.81. The van der Waals surface area contributed by atoms with E-state index in [0.29, 0.717) is 18.7 Å². The Morgan fingerprint density at radius 3 is 2.39 bits per heavy atom. The first kappa shape index (κ1) is 26.6. The van der Waals surface area contributed by atoms with Crippen molar-refractivity contribution in [3.63, 3.8) is 0 Å². The standard InChI is InChI=1S/C19H25F5N6O2S/c1-5-7-10-30-13(6-2)12-17(27-30)26-25-15-9-8-14(29(3)4)11-16(15)28-33(31,19(22,23)24)32-18(20)21/h8-9,11-12,18H,5-7,10H2,1-4H3. The van der Waals surface area contributed by atoms with Crippen LogP contribution in [0.2, 0.25) is 0 Å². The molecule has 0 amide bonds. The molecule has 1 aromatic carbocycles. The quantitative estimate of drug-likeness (QED) is 0.278. The number of aryl methyl sites for hydroxylation is 2. The molecule has 2 rings (SSSR count). The lowest BCUT2D eigenvalue weighted by atomic mass is 10.2. The van der Waals surface area contributed by atoms with Crippen molar-refractivity contribution in [3.05, 3.63) is 30.0 Å². The summed E-state index contributed by atoms with van der Waals surface area (Å²) in [6.45, 7) is 0.694. The molecule has 0 radical (unpaired) electrons. The molecule has 184 valence electrons. The second-order valence-electron chi connectivity index (χ2n) is 7.06. The number of halogens is 5. The lowest BCUT2D eigenvalue weighted by Gasteiger charge is -2.16. The first-order valence-corrected chi connectivity index (χ1v) is 11.4. The van der Waals surface area contributed by atoms with E-state index < -0.39 is 27.8 Å². The Kier molecular flexibility index (Phi) is 8.89. The minimum absolute atomic E-state index is 0.214. The van der Waals surface area contributed by atoms with E-state index in [9.17, 15) is 26.2 Å². The number of azo groups is 1. The van der Waals surface area contributed by atoms with Crippen LogP contribution < -0.4 is 4.90 Å². The van der Waals surface area contributed by atoms with Crippen LogP contribution in [0.25, 0.3) is 0 Å². The highest BCUT2D eigenvalue weighted by molar-refractivity contribution is 7.90. The van der Waals surface area contributed by atoms with E-state index >= 15 is 0 Å². The highest BCUT2D eigenvalue weighted by Crippen LogP contribution is 2.38. The van der Waals surface area contributed by atoms with Gasteiger partial charge in [0.15, 0.2) is 5.82 Å². The molecular weight excluding hydrogens is 471 g/mol. The van der Waals surface area contributed by atoms with E-state index in [1.54, 1.807) is 24.8 Å². The van der Waals surface area contributed by atoms with Crippen LogP contribution >= 0.6 is 0 Å². The van der Waals surface area contributed by atoms with Crippen molar-refractivity contribution in [1.82, 2.24) is 9.78 Å². The monoisotopic (exact) mass is 496 g/mol. The Hall–Kier alpha value is -2.61. The lowest BCUT2D eigenvalue weighted by Crippen LogP contribution is -2.27. The first-order valence-electron chi connectivity index (χ1n) is 9.99. The number of rotatable bonds is 10. The minimum atomic E-state index is -5.79. The van der Waals surface area contributed by atoms with Gasteiger partial charge in [0.1, 0.15) is 11.4 Å². The maximum Gasteiger partial charge on any atom is 0.504 e. The normalized spacial score (nSPS) is 14.1. The van der Waals surface area contributed by atoms with E-state index in [2.05, 4.69) is 23.9 Å². The Bertz CT molecular complexity index is 1090. The topological polar surface area (TPSA) is 84.4 Å². The van der Waals surface area contributed by atoms with Crippen LogP contribution in [-0.4, -0.2) is 40.2 Å². The number of hydrogen-bond acceptors (Lipinski definition) is 7. The van der Waals surface area contributed by atoms with Crippen LogP contribution in [0.1, 0.15) is 32.4 Å². The third-order valence-electron chi connectivity index (χ3n) is 4.39. The predicted molar refractivity (Wildman–Crippen MR) is 115 cm³/mol. The fourth-order valence-corrected chi connectivity index (χ4v) is 3.54. The number of anilines is 1. The number of hydrogen-bond donors (Lipinski definition) is 0. The molecule has 2 aromatic rings. The molecule has 0 saturated carbocycles. The molecule has 0 aliphatic heterocycles. The third kappa shape index (κ3) is 6.93. The Labute approximate surface area is 188 Å². The van der Waals surface area contributed by atoms with Gasteiger partial charge >= 0.3 is 12.1 Å². The molecule has 14 heteroatoms. The second-order valence-corrected chi connectivity index (χ2v) is 8.85. The average Bonchev–Trinajstić information content (AvgIpc) is 3.11. The van der Waals surface area contributed by atoms with E-state index in [1.165, 1.54) is 17.0 Å². The minimum Gasteiger partial charge on any atom is -0.378 e. The first-order chi connectivity index (χ1) is 15.4. The van der Waals surface area contributed by atoms with Crippen molar-refractivity contribution in [1.29, 1.82) is 0 Å². The molecule has 0 N–H and O–H groups in total. The van der Waals surface area contributed by atoms with Crippen LogP contribution in [-0.2, 0) is 27.2 Å². The molecule has 1 aromatic heterocycles. The fraction of sp³-hybridized carbons (Fsp3) is 0.526. The fourth-order valence-electron chi connectivity index (χ4n) is 2.68. The van der Waals surface area contributed by atoms with Gasteiger partial charge in [0.05, 0.1) is 0 Å². The summed E-state index contributed by atoms with van der Waals surface area (Å²) in [6, 6.07) is 5.59. The highest BCUT2D eigenvalue weighted by atomic mass is 32.2. The van der Waals surface area contributed by atoms with Crippen LogP contribution in [0.4, 0.5) is 44.8 Å². The molecule has 1 heterocycles. The van der Waals surface area contributed by atoms with Gasteiger partial charge in [0, 0.05) is 38.1 Å². The van der Waals surface area contributed by atoms with Crippen molar-refractivity contribution in [2.75, 3.05) is 19.0 Å². The molecule has 1 unspecified atom stereocenters. The van der Waals surface area contributed by atoms with Crippen molar-refractivity contribution < 1.29 is 30.3 Å². The Balaban J connectivity index is 2.57. The summed E-state index contributed by atoms with van der Waals surface area (Å²) in [5, 5.41) is 12.2. The molecule has 33 heavy (non-hydrogen) atoms. The van der Waals surface area contributed by atoms with Gasteiger partial charge in [-0.25, -0.2) is 8.39 Å². The van der Waals surface area contributed by atoms with Crippen LogP contribution in [0.3, 0.4) is 0 Å². The molecule has 0 spiro atoms. The molecule has 0 aliphatic rings. The SMILES string of the molecule is CCCCn1nc(N=Nc2ccc(N(C)C)cc2N=S(=O)(OC(F)F)C(F)(F)F)cc1CC. The smallest absolute Gasteiger partial charge is 0.378 e. The summed E-state index contributed by atoms with van der Waals surface area (Å²) in [4.78, 5) is 1.53. The summed E-state index contributed by atoms with van der Waals surface area (Å²) in [6.07, 6.45) is 2.54. The van der Waals surface area contributed by atoms with Gasteiger partial charge in [-0.15, -0.1) is 10.2 Å². The molecule has 8 nitrogen and oxygen atoms in total. The molecule has 0 fully saturated rings. The van der Waals surface area contributed by atoms with Crippen LogP contribution in [0, 0.1) is 0 Å². The Morgan fingerprint density at radius 1 is 1.15 bits per heavy atom. The lowest BCUT2D eigenvalue weighted by molar-refractivity contribution is -0.0856. The van der Waals surface area contributed by atoms with Crippen molar-refractivity contribution in [3.8, 4) is 0 Å².